The summed E-state index contributed by atoms with van der Waals surface area (Å²) < 4.78 is 19.3. The maximum Gasteiger partial charge on any atom is 0.172 e. The van der Waals surface area contributed by atoms with Crippen LogP contribution in [0.5, 0.6) is 10.8 Å². The van der Waals surface area contributed by atoms with Crippen molar-refractivity contribution < 1.29 is 14.2 Å². The Bertz CT molecular complexity index is 464. The van der Waals surface area contributed by atoms with E-state index in [0.717, 1.165) is 11.3 Å². The van der Waals surface area contributed by atoms with Crippen molar-refractivity contribution in [1.29, 1.82) is 0 Å². The van der Waals surface area contributed by atoms with Crippen LogP contribution < -0.4 is 4.74 Å². The molecule has 2 rings (SSSR count). The Morgan fingerprint density at radius 3 is 2.93 bits per heavy atom. The van der Waals surface area contributed by atoms with Crippen LogP contribution in [0, 0.1) is 5.82 Å². The molecular formula is C10H9FO2S. The molecule has 0 atom stereocenters. The highest BCUT2D eigenvalue weighted by atomic mass is 32.1. The highest BCUT2D eigenvalue weighted by Crippen LogP contribution is 2.34. The molecule has 2 aromatic rings. The number of aromatic hydroxyl groups is 1. The standard InChI is InChI=1S/C10H9FO2S/c1-2-13-6-3-8(11)7-5-10(12)14-9(7)4-6/h3-5,12H,2H2,1H3. The van der Waals surface area contributed by atoms with Gasteiger partial charge in [-0.3, -0.25) is 0 Å². The molecule has 0 fully saturated rings. The Morgan fingerprint density at radius 1 is 1.43 bits per heavy atom. The minimum Gasteiger partial charge on any atom is -0.499 e. The smallest absolute Gasteiger partial charge is 0.172 e. The minimum atomic E-state index is -0.359. The van der Waals surface area contributed by atoms with Crippen LogP contribution in [-0.4, -0.2) is 11.7 Å². The molecule has 0 spiro atoms. The van der Waals surface area contributed by atoms with Gasteiger partial charge in [-0.05, 0) is 13.0 Å². The van der Waals surface area contributed by atoms with Crippen LogP contribution in [0.3, 0.4) is 0 Å². The lowest BCUT2D eigenvalue weighted by Gasteiger charge is -2.02. The summed E-state index contributed by atoms with van der Waals surface area (Å²) in [6.45, 7) is 2.34. The largest absolute Gasteiger partial charge is 0.499 e. The van der Waals surface area contributed by atoms with Crippen molar-refractivity contribution in [2.24, 2.45) is 0 Å². The van der Waals surface area contributed by atoms with Crippen molar-refractivity contribution in [1.82, 2.24) is 0 Å². The van der Waals surface area contributed by atoms with E-state index in [-0.39, 0.29) is 10.9 Å². The molecule has 74 valence electrons. The molecule has 0 amide bonds. The number of halogens is 1. The first-order valence-electron chi connectivity index (χ1n) is 4.25. The van der Waals surface area contributed by atoms with Crippen LogP contribution in [0.4, 0.5) is 4.39 Å². The Morgan fingerprint density at radius 2 is 2.21 bits per heavy atom. The third-order valence-electron chi connectivity index (χ3n) is 1.86. The molecule has 4 heteroatoms. The number of ether oxygens (including phenoxy) is 1. The van der Waals surface area contributed by atoms with E-state index in [2.05, 4.69) is 0 Å². The third kappa shape index (κ3) is 1.53. The number of rotatable bonds is 2. The van der Waals surface area contributed by atoms with Crippen LogP contribution in [0.2, 0.25) is 0 Å². The van der Waals surface area contributed by atoms with Crippen LogP contribution in [0.15, 0.2) is 18.2 Å². The molecule has 0 aliphatic heterocycles. The molecule has 0 aliphatic rings. The Balaban J connectivity index is 2.59. The molecule has 0 aliphatic carbocycles. The maximum absolute atomic E-state index is 13.4. The van der Waals surface area contributed by atoms with Gasteiger partial charge >= 0.3 is 0 Å². The third-order valence-corrected chi connectivity index (χ3v) is 2.74. The second kappa shape index (κ2) is 3.46. The fourth-order valence-electron chi connectivity index (χ4n) is 1.31. The van der Waals surface area contributed by atoms with Crippen LogP contribution in [0.25, 0.3) is 10.1 Å². The van der Waals surface area contributed by atoms with Gasteiger partial charge in [0, 0.05) is 22.2 Å². The van der Waals surface area contributed by atoms with Crippen LogP contribution in [0.1, 0.15) is 6.92 Å². The zero-order chi connectivity index (χ0) is 10.1. The van der Waals surface area contributed by atoms with E-state index in [1.165, 1.54) is 12.1 Å². The summed E-state index contributed by atoms with van der Waals surface area (Å²) in [5.74, 6) is 0.141. The van der Waals surface area contributed by atoms with Gasteiger partial charge in [-0.2, -0.15) is 0 Å². The lowest BCUT2D eigenvalue weighted by Crippen LogP contribution is -1.91. The van der Waals surface area contributed by atoms with Gasteiger partial charge in [0.2, 0.25) is 0 Å². The number of thiophene rings is 1. The van der Waals surface area contributed by atoms with Crippen LogP contribution >= 0.6 is 11.3 Å². The number of hydrogen-bond donors (Lipinski definition) is 1. The van der Waals surface area contributed by atoms with Crippen molar-refractivity contribution in [2.45, 2.75) is 6.92 Å². The molecule has 2 nitrogen and oxygen atoms in total. The van der Waals surface area contributed by atoms with E-state index < -0.39 is 0 Å². The molecule has 0 bridgehead atoms. The zero-order valence-electron chi connectivity index (χ0n) is 7.58. The van der Waals surface area contributed by atoms with Gasteiger partial charge in [0.1, 0.15) is 11.6 Å². The van der Waals surface area contributed by atoms with Gasteiger partial charge < -0.3 is 9.84 Å². The second-order valence-electron chi connectivity index (χ2n) is 2.83. The van der Waals surface area contributed by atoms with E-state index >= 15 is 0 Å². The average Bonchev–Trinajstić information content (AvgIpc) is 2.47. The summed E-state index contributed by atoms with van der Waals surface area (Å²) >= 11 is 1.14. The van der Waals surface area contributed by atoms with Gasteiger partial charge in [-0.1, -0.05) is 11.3 Å². The number of fused-ring (bicyclic) bond motifs is 1. The van der Waals surface area contributed by atoms with Crippen molar-refractivity contribution in [3.63, 3.8) is 0 Å². The number of benzene rings is 1. The highest BCUT2D eigenvalue weighted by molar-refractivity contribution is 7.20. The fourth-order valence-corrected chi connectivity index (χ4v) is 2.15. The first-order chi connectivity index (χ1) is 6.70. The van der Waals surface area contributed by atoms with Gasteiger partial charge in [-0.15, -0.1) is 0 Å². The Labute approximate surface area is 84.6 Å². The lowest BCUT2D eigenvalue weighted by atomic mass is 10.2. The molecule has 1 heterocycles. The minimum absolute atomic E-state index is 0.118. The van der Waals surface area contributed by atoms with Gasteiger partial charge in [0.05, 0.1) is 6.61 Å². The van der Waals surface area contributed by atoms with E-state index in [1.54, 1.807) is 6.07 Å². The summed E-state index contributed by atoms with van der Waals surface area (Å²) in [5, 5.41) is 9.77. The predicted octanol–water partition coefficient (Wildman–Crippen LogP) is 3.14. The summed E-state index contributed by atoms with van der Waals surface area (Å²) in [5.41, 5.74) is 0. The van der Waals surface area contributed by atoms with E-state index in [4.69, 9.17) is 4.74 Å². The molecule has 0 unspecified atom stereocenters. The van der Waals surface area contributed by atoms with Gasteiger partial charge in [0.15, 0.2) is 5.06 Å². The van der Waals surface area contributed by atoms with Gasteiger partial charge in [-0.25, -0.2) is 4.39 Å². The summed E-state index contributed by atoms with van der Waals surface area (Å²) in [4.78, 5) is 0. The lowest BCUT2D eigenvalue weighted by molar-refractivity contribution is 0.339. The molecular weight excluding hydrogens is 203 g/mol. The molecule has 0 saturated carbocycles. The fraction of sp³-hybridized carbons (Fsp3) is 0.200. The quantitative estimate of drug-likeness (QED) is 0.828. The van der Waals surface area contributed by atoms with Gasteiger partial charge in [0.25, 0.3) is 0 Å². The average molecular weight is 212 g/mol. The first-order valence-corrected chi connectivity index (χ1v) is 5.07. The normalized spacial score (nSPS) is 10.7. The van der Waals surface area contributed by atoms with Crippen molar-refractivity contribution in [3.05, 3.63) is 24.0 Å². The van der Waals surface area contributed by atoms with Crippen molar-refractivity contribution in [3.8, 4) is 10.8 Å². The number of hydrogen-bond acceptors (Lipinski definition) is 3. The maximum atomic E-state index is 13.4. The summed E-state index contributed by atoms with van der Waals surface area (Å²) in [6.07, 6.45) is 0. The SMILES string of the molecule is CCOc1cc(F)c2cc(O)sc2c1. The molecule has 0 saturated heterocycles. The molecule has 14 heavy (non-hydrogen) atoms. The van der Waals surface area contributed by atoms with E-state index in [0.29, 0.717) is 22.4 Å². The summed E-state index contributed by atoms with van der Waals surface area (Å²) in [7, 11) is 0. The van der Waals surface area contributed by atoms with E-state index in [9.17, 15) is 9.50 Å². The predicted molar refractivity (Wildman–Crippen MR) is 54.6 cm³/mol. The molecule has 1 N–H and O–H groups in total. The summed E-state index contributed by atoms with van der Waals surface area (Å²) in [6, 6.07) is 4.48. The van der Waals surface area contributed by atoms with Crippen LogP contribution in [-0.2, 0) is 0 Å². The highest BCUT2D eigenvalue weighted by Gasteiger charge is 2.08. The molecule has 0 radical (unpaired) electrons. The monoisotopic (exact) mass is 212 g/mol. The van der Waals surface area contributed by atoms with Crippen molar-refractivity contribution in [2.75, 3.05) is 6.61 Å². The first kappa shape index (κ1) is 9.27. The topological polar surface area (TPSA) is 29.5 Å². The Kier molecular flexibility index (Phi) is 2.29. The zero-order valence-corrected chi connectivity index (χ0v) is 8.40. The van der Waals surface area contributed by atoms with Crippen molar-refractivity contribution >= 4 is 21.4 Å². The molecule has 1 aromatic heterocycles. The Hall–Kier alpha value is -1.29. The second-order valence-corrected chi connectivity index (χ2v) is 3.90. The molecule has 1 aromatic carbocycles. The van der Waals surface area contributed by atoms with E-state index in [1.807, 2.05) is 6.92 Å².